The van der Waals surface area contributed by atoms with E-state index >= 15 is 0 Å². The van der Waals surface area contributed by atoms with Crippen LogP contribution in [0.25, 0.3) is 10.2 Å². The molecular weight excluding hydrogens is 362 g/mol. The van der Waals surface area contributed by atoms with E-state index in [-0.39, 0.29) is 12.3 Å². The highest BCUT2D eigenvalue weighted by atomic mass is 32.1. The van der Waals surface area contributed by atoms with E-state index in [0.29, 0.717) is 17.8 Å². The van der Waals surface area contributed by atoms with Crippen LogP contribution in [0.1, 0.15) is 0 Å². The van der Waals surface area contributed by atoms with Crippen LogP contribution in [0.15, 0.2) is 42.5 Å². The minimum Gasteiger partial charge on any atom is -0.481 e. The van der Waals surface area contributed by atoms with Crippen molar-refractivity contribution in [1.82, 2.24) is 4.98 Å². The number of amides is 1. The van der Waals surface area contributed by atoms with Crippen molar-refractivity contribution in [2.24, 2.45) is 0 Å². The lowest BCUT2D eigenvalue weighted by molar-refractivity contribution is -0.120. The number of thiazole rings is 1. The van der Waals surface area contributed by atoms with Crippen LogP contribution < -0.4 is 9.64 Å². The predicted octanol–water partition coefficient (Wildman–Crippen LogP) is 3.63. The number of benzene rings is 2. The van der Waals surface area contributed by atoms with Crippen molar-refractivity contribution >= 4 is 32.6 Å². The van der Waals surface area contributed by atoms with Gasteiger partial charge >= 0.3 is 0 Å². The number of halogens is 2. The summed E-state index contributed by atoms with van der Waals surface area (Å²) in [7, 11) is 1.53. The molecule has 0 unspecified atom stereocenters. The van der Waals surface area contributed by atoms with Gasteiger partial charge in [-0.1, -0.05) is 23.5 Å². The Morgan fingerprint density at radius 2 is 2.04 bits per heavy atom. The van der Waals surface area contributed by atoms with E-state index in [4.69, 9.17) is 9.47 Å². The molecule has 26 heavy (non-hydrogen) atoms. The van der Waals surface area contributed by atoms with Crippen molar-refractivity contribution in [2.45, 2.75) is 0 Å². The van der Waals surface area contributed by atoms with Crippen molar-refractivity contribution in [1.29, 1.82) is 0 Å². The summed E-state index contributed by atoms with van der Waals surface area (Å²) in [6.07, 6.45) is 0. The van der Waals surface area contributed by atoms with Crippen molar-refractivity contribution in [3.63, 3.8) is 0 Å². The van der Waals surface area contributed by atoms with Crippen molar-refractivity contribution in [3.8, 4) is 5.75 Å². The van der Waals surface area contributed by atoms with E-state index in [1.54, 1.807) is 0 Å². The number of aromatic nitrogens is 1. The maximum atomic E-state index is 13.6. The Kier molecular flexibility index (Phi) is 5.75. The van der Waals surface area contributed by atoms with E-state index in [9.17, 15) is 13.6 Å². The minimum atomic E-state index is -0.860. The largest absolute Gasteiger partial charge is 0.481 e. The number of hydrogen-bond acceptors (Lipinski definition) is 5. The molecule has 0 saturated carbocycles. The molecule has 2 aromatic carbocycles. The first kappa shape index (κ1) is 18.2. The zero-order valence-electron chi connectivity index (χ0n) is 13.9. The fourth-order valence-electron chi connectivity index (χ4n) is 2.29. The summed E-state index contributed by atoms with van der Waals surface area (Å²) in [5.41, 5.74) is 0.785. The van der Waals surface area contributed by atoms with E-state index in [1.807, 2.05) is 24.3 Å². The molecule has 0 saturated heterocycles. The molecule has 0 spiro atoms. The van der Waals surface area contributed by atoms with Gasteiger partial charge in [-0.3, -0.25) is 9.69 Å². The second kappa shape index (κ2) is 8.20. The van der Waals surface area contributed by atoms with Gasteiger partial charge in [0, 0.05) is 13.2 Å². The molecule has 0 aliphatic rings. The molecule has 136 valence electrons. The second-order valence-electron chi connectivity index (χ2n) is 5.37. The highest BCUT2D eigenvalue weighted by Gasteiger charge is 2.20. The fraction of sp³-hybridized carbons (Fsp3) is 0.222. The van der Waals surface area contributed by atoms with Gasteiger partial charge in [-0.05, 0) is 24.3 Å². The molecule has 0 aliphatic heterocycles. The van der Waals surface area contributed by atoms with Crippen LogP contribution in [0.5, 0.6) is 5.75 Å². The number of fused-ring (bicyclic) bond motifs is 1. The smallest absolute Gasteiger partial charge is 0.266 e. The summed E-state index contributed by atoms with van der Waals surface area (Å²) in [5, 5.41) is 0.511. The van der Waals surface area contributed by atoms with Crippen molar-refractivity contribution in [3.05, 3.63) is 54.1 Å². The number of hydrogen-bond donors (Lipinski definition) is 0. The lowest BCUT2D eigenvalue weighted by Crippen LogP contribution is -2.37. The first-order valence-electron chi connectivity index (χ1n) is 7.81. The Hall–Kier alpha value is -2.58. The highest BCUT2D eigenvalue weighted by molar-refractivity contribution is 7.22. The maximum absolute atomic E-state index is 13.6. The summed E-state index contributed by atoms with van der Waals surface area (Å²) in [5.74, 6) is -2.15. The number of methoxy groups -OCH3 is 1. The third-order valence-corrected chi connectivity index (χ3v) is 4.64. The highest BCUT2D eigenvalue weighted by Crippen LogP contribution is 2.28. The third-order valence-electron chi connectivity index (χ3n) is 3.58. The average molecular weight is 378 g/mol. The SMILES string of the molecule is COCCN(C(=O)COc1ccc(F)cc1F)c1nc2ccccc2s1. The monoisotopic (exact) mass is 378 g/mol. The Bertz CT molecular complexity index is 883. The molecule has 3 rings (SSSR count). The average Bonchev–Trinajstić information content (AvgIpc) is 3.05. The number of rotatable bonds is 7. The van der Waals surface area contributed by atoms with Gasteiger partial charge in [0.05, 0.1) is 23.4 Å². The lowest BCUT2D eigenvalue weighted by Gasteiger charge is -2.19. The summed E-state index contributed by atoms with van der Waals surface area (Å²) in [4.78, 5) is 18.5. The Morgan fingerprint density at radius 1 is 1.23 bits per heavy atom. The lowest BCUT2D eigenvalue weighted by atomic mass is 10.3. The van der Waals surface area contributed by atoms with E-state index in [2.05, 4.69) is 4.98 Å². The zero-order valence-corrected chi connectivity index (χ0v) is 14.8. The van der Waals surface area contributed by atoms with Gasteiger partial charge in [-0.25, -0.2) is 13.8 Å². The number of anilines is 1. The first-order chi connectivity index (χ1) is 12.6. The molecule has 1 heterocycles. The Morgan fingerprint density at radius 3 is 2.77 bits per heavy atom. The molecule has 0 radical (unpaired) electrons. The van der Waals surface area contributed by atoms with Crippen molar-refractivity contribution in [2.75, 3.05) is 31.8 Å². The van der Waals surface area contributed by atoms with Crippen LogP contribution in [-0.4, -0.2) is 37.8 Å². The predicted molar refractivity (Wildman–Crippen MR) is 95.7 cm³/mol. The van der Waals surface area contributed by atoms with Crippen LogP contribution in [0, 0.1) is 11.6 Å². The number of nitrogens with zero attached hydrogens (tertiary/aromatic N) is 2. The topological polar surface area (TPSA) is 51.7 Å². The number of carbonyl (C=O) groups excluding carboxylic acids is 1. The van der Waals surface area contributed by atoms with Crippen LogP contribution in [0.4, 0.5) is 13.9 Å². The molecule has 3 aromatic rings. The molecule has 0 fully saturated rings. The summed E-state index contributed by atoms with van der Waals surface area (Å²) in [6, 6.07) is 10.5. The van der Waals surface area contributed by atoms with E-state index in [0.717, 1.165) is 22.3 Å². The molecule has 0 bridgehead atoms. The zero-order chi connectivity index (χ0) is 18.5. The van der Waals surface area contributed by atoms with Gasteiger partial charge in [-0.15, -0.1) is 0 Å². The van der Waals surface area contributed by atoms with Crippen LogP contribution in [0.2, 0.25) is 0 Å². The molecule has 0 atom stereocenters. The molecule has 8 heteroatoms. The number of para-hydroxylation sites is 1. The second-order valence-corrected chi connectivity index (χ2v) is 6.37. The van der Waals surface area contributed by atoms with Crippen LogP contribution in [-0.2, 0) is 9.53 Å². The van der Waals surface area contributed by atoms with E-state index in [1.165, 1.54) is 23.3 Å². The Balaban J connectivity index is 1.76. The van der Waals surface area contributed by atoms with Gasteiger partial charge < -0.3 is 9.47 Å². The summed E-state index contributed by atoms with van der Waals surface area (Å²) in [6.45, 7) is 0.194. The first-order valence-corrected chi connectivity index (χ1v) is 8.63. The van der Waals surface area contributed by atoms with Gasteiger partial charge in [0.1, 0.15) is 5.82 Å². The maximum Gasteiger partial charge on any atom is 0.266 e. The van der Waals surface area contributed by atoms with Crippen LogP contribution >= 0.6 is 11.3 Å². The molecule has 1 aromatic heterocycles. The molecular formula is C18H16F2N2O3S. The van der Waals surface area contributed by atoms with Gasteiger partial charge in [0.15, 0.2) is 23.3 Å². The fourth-order valence-corrected chi connectivity index (χ4v) is 3.30. The molecule has 0 aliphatic carbocycles. The van der Waals surface area contributed by atoms with Gasteiger partial charge in [0.2, 0.25) is 0 Å². The van der Waals surface area contributed by atoms with Crippen molar-refractivity contribution < 1.29 is 23.0 Å². The van der Waals surface area contributed by atoms with Gasteiger partial charge in [-0.2, -0.15) is 0 Å². The van der Waals surface area contributed by atoms with E-state index < -0.39 is 24.1 Å². The minimum absolute atomic E-state index is 0.184. The number of ether oxygens (including phenoxy) is 2. The summed E-state index contributed by atoms with van der Waals surface area (Å²) >= 11 is 1.37. The summed E-state index contributed by atoms with van der Waals surface area (Å²) < 4.78 is 37.8. The number of carbonyl (C=O) groups is 1. The van der Waals surface area contributed by atoms with Gasteiger partial charge in [0.25, 0.3) is 5.91 Å². The Labute approximate surface area is 152 Å². The third kappa shape index (κ3) is 4.14. The van der Waals surface area contributed by atoms with Crippen LogP contribution in [0.3, 0.4) is 0 Å². The standard InChI is InChI=1S/C18H16F2N2O3S/c1-24-9-8-22(18-21-14-4-2-3-5-16(14)26-18)17(23)11-25-15-7-6-12(19)10-13(15)20/h2-7,10H,8-9,11H2,1H3. The molecule has 0 N–H and O–H groups in total. The molecule has 1 amide bonds. The normalized spacial score (nSPS) is 10.9. The quantitative estimate of drug-likeness (QED) is 0.630. The molecule has 5 nitrogen and oxygen atoms in total.